The summed E-state index contributed by atoms with van der Waals surface area (Å²) in [6, 6.07) is 5.83. The summed E-state index contributed by atoms with van der Waals surface area (Å²) in [6.45, 7) is 2.20. The molecule has 0 unspecified atom stereocenters. The van der Waals surface area contributed by atoms with Gasteiger partial charge >= 0.3 is 0 Å². The molecule has 0 aliphatic heterocycles. The molecule has 0 saturated carbocycles. The molecule has 0 spiro atoms. The van der Waals surface area contributed by atoms with Crippen LogP contribution in [0.25, 0.3) is 0 Å². The average molecular weight is 286 g/mol. The maximum absolute atomic E-state index is 13.1. The van der Waals surface area contributed by atoms with E-state index in [2.05, 4.69) is 10.2 Å². The molecule has 0 N–H and O–H groups in total. The minimum absolute atomic E-state index is 0.186. The van der Waals surface area contributed by atoms with E-state index >= 15 is 0 Å². The second-order valence-corrected chi connectivity index (χ2v) is 4.95. The van der Waals surface area contributed by atoms with Crippen molar-refractivity contribution in [2.24, 2.45) is 0 Å². The molecule has 2 aromatic rings. The van der Waals surface area contributed by atoms with E-state index in [1.807, 2.05) is 0 Å². The molecular formula is C11H9ClFN3OS. The topological polar surface area (TPSA) is 46.1 Å². The molecule has 0 aliphatic rings. The second-order valence-electron chi connectivity index (χ2n) is 3.39. The van der Waals surface area contributed by atoms with E-state index in [9.17, 15) is 9.18 Å². The zero-order chi connectivity index (χ0) is 13.1. The van der Waals surface area contributed by atoms with E-state index in [-0.39, 0.29) is 15.4 Å². The Balaban J connectivity index is 2.31. The number of rotatable bonds is 3. The Hall–Kier alpha value is -1.53. The average Bonchev–Trinajstić information content (AvgIpc) is 2.77. The first-order valence-corrected chi connectivity index (χ1v) is 6.37. The van der Waals surface area contributed by atoms with Crippen molar-refractivity contribution in [2.75, 3.05) is 11.4 Å². The molecule has 0 fully saturated rings. The Bertz CT molecular complexity index is 575. The summed E-state index contributed by atoms with van der Waals surface area (Å²) in [5.74, 6) is -0.735. The number of amides is 1. The number of carbonyl (C=O) groups excluding carboxylic acids is 1. The number of hydrogen-bond donors (Lipinski definition) is 0. The summed E-state index contributed by atoms with van der Waals surface area (Å²) in [5, 5.41) is 7.45. The van der Waals surface area contributed by atoms with Gasteiger partial charge in [0.15, 0.2) is 0 Å². The Morgan fingerprint density at radius 2 is 2.28 bits per heavy atom. The normalized spacial score (nSPS) is 10.4. The van der Waals surface area contributed by atoms with E-state index < -0.39 is 5.82 Å². The molecule has 0 aliphatic carbocycles. The summed E-state index contributed by atoms with van der Waals surface area (Å²) in [5.41, 5.74) is 0.480. The van der Waals surface area contributed by atoms with Gasteiger partial charge in [0, 0.05) is 12.2 Å². The van der Waals surface area contributed by atoms with Crippen molar-refractivity contribution in [3.63, 3.8) is 0 Å². The highest BCUT2D eigenvalue weighted by molar-refractivity contribution is 7.17. The third-order valence-corrected chi connectivity index (χ3v) is 3.27. The van der Waals surface area contributed by atoms with E-state index in [0.717, 1.165) is 11.3 Å². The standard InChI is InChI=1S/C11H9ClFN3OS/c1-2-16(8-5-3-4-7(13)6-8)10(17)9-14-15-11(12)18-9/h3-6H,2H2,1H3. The van der Waals surface area contributed by atoms with Crippen LogP contribution >= 0.6 is 22.9 Å². The Kier molecular flexibility index (Phi) is 3.88. The first kappa shape index (κ1) is 12.9. The van der Waals surface area contributed by atoms with Crippen LogP contribution in [0.2, 0.25) is 4.47 Å². The third kappa shape index (κ3) is 2.65. The largest absolute Gasteiger partial charge is 0.306 e. The van der Waals surface area contributed by atoms with Gasteiger partial charge in [-0.15, -0.1) is 10.2 Å². The van der Waals surface area contributed by atoms with Crippen LogP contribution < -0.4 is 4.90 Å². The molecule has 1 heterocycles. The summed E-state index contributed by atoms with van der Waals surface area (Å²) in [4.78, 5) is 13.6. The highest BCUT2D eigenvalue weighted by atomic mass is 35.5. The van der Waals surface area contributed by atoms with E-state index in [1.165, 1.54) is 17.0 Å². The molecule has 4 nitrogen and oxygen atoms in total. The van der Waals surface area contributed by atoms with Crippen molar-refractivity contribution >= 4 is 34.5 Å². The number of aromatic nitrogens is 2. The van der Waals surface area contributed by atoms with Crippen molar-refractivity contribution in [1.82, 2.24) is 10.2 Å². The maximum atomic E-state index is 13.1. The molecule has 94 valence electrons. The van der Waals surface area contributed by atoms with Gasteiger partial charge in [-0.25, -0.2) is 4.39 Å². The molecule has 18 heavy (non-hydrogen) atoms. The first-order chi connectivity index (χ1) is 8.61. The van der Waals surface area contributed by atoms with E-state index in [0.29, 0.717) is 12.2 Å². The predicted molar refractivity (Wildman–Crippen MR) is 68.7 cm³/mol. The molecule has 1 amide bonds. The molecule has 2 rings (SSSR count). The van der Waals surface area contributed by atoms with Crippen molar-refractivity contribution in [3.8, 4) is 0 Å². The fourth-order valence-electron chi connectivity index (χ4n) is 1.49. The van der Waals surface area contributed by atoms with E-state index in [1.54, 1.807) is 19.1 Å². The lowest BCUT2D eigenvalue weighted by Gasteiger charge is -2.19. The zero-order valence-corrected chi connectivity index (χ0v) is 11.0. The van der Waals surface area contributed by atoms with Gasteiger partial charge in [0.05, 0.1) is 0 Å². The molecule has 1 aromatic heterocycles. The van der Waals surface area contributed by atoms with Crippen LogP contribution in [0.4, 0.5) is 10.1 Å². The van der Waals surface area contributed by atoms with Gasteiger partial charge in [-0.1, -0.05) is 17.4 Å². The summed E-state index contributed by atoms with van der Waals surface area (Å²) in [6.07, 6.45) is 0. The zero-order valence-electron chi connectivity index (χ0n) is 9.43. The SMILES string of the molecule is CCN(C(=O)c1nnc(Cl)s1)c1cccc(F)c1. The fraction of sp³-hybridized carbons (Fsp3) is 0.182. The lowest BCUT2D eigenvalue weighted by Crippen LogP contribution is -2.30. The lowest BCUT2D eigenvalue weighted by molar-refractivity contribution is 0.0987. The molecule has 0 saturated heterocycles. The van der Waals surface area contributed by atoms with Crippen molar-refractivity contribution in [2.45, 2.75) is 6.92 Å². The number of halogens is 2. The molecule has 0 atom stereocenters. The van der Waals surface area contributed by atoms with Crippen LogP contribution in [0.1, 0.15) is 16.7 Å². The summed E-state index contributed by atoms with van der Waals surface area (Å²) >= 11 is 6.63. The quantitative estimate of drug-likeness (QED) is 0.871. The highest BCUT2D eigenvalue weighted by Gasteiger charge is 2.20. The predicted octanol–water partition coefficient (Wildman–Crippen LogP) is 3.00. The Labute approximate surface area is 112 Å². The smallest absolute Gasteiger partial charge is 0.289 e. The lowest BCUT2D eigenvalue weighted by atomic mass is 10.2. The van der Waals surface area contributed by atoms with Gasteiger partial charge in [0.2, 0.25) is 9.47 Å². The van der Waals surface area contributed by atoms with Crippen LogP contribution in [0.15, 0.2) is 24.3 Å². The molecule has 7 heteroatoms. The number of hydrogen-bond acceptors (Lipinski definition) is 4. The van der Waals surface area contributed by atoms with Gasteiger partial charge in [-0.3, -0.25) is 4.79 Å². The van der Waals surface area contributed by atoms with E-state index in [4.69, 9.17) is 11.6 Å². The molecular weight excluding hydrogens is 277 g/mol. The monoisotopic (exact) mass is 285 g/mol. The van der Waals surface area contributed by atoms with Crippen LogP contribution in [0.5, 0.6) is 0 Å². The maximum Gasteiger partial charge on any atom is 0.289 e. The first-order valence-electron chi connectivity index (χ1n) is 5.18. The second kappa shape index (κ2) is 5.41. The number of carbonyl (C=O) groups is 1. The van der Waals surface area contributed by atoms with Crippen molar-refractivity contribution in [3.05, 3.63) is 39.6 Å². The van der Waals surface area contributed by atoms with Crippen LogP contribution in [-0.2, 0) is 0 Å². The number of benzene rings is 1. The summed E-state index contributed by atoms with van der Waals surface area (Å²) < 4.78 is 13.4. The molecule has 0 radical (unpaired) electrons. The van der Waals surface area contributed by atoms with Crippen LogP contribution in [0, 0.1) is 5.82 Å². The minimum atomic E-state index is -0.394. The Morgan fingerprint density at radius 3 is 2.83 bits per heavy atom. The highest BCUT2D eigenvalue weighted by Crippen LogP contribution is 2.21. The summed E-state index contributed by atoms with van der Waals surface area (Å²) in [7, 11) is 0. The van der Waals surface area contributed by atoms with Crippen molar-refractivity contribution in [1.29, 1.82) is 0 Å². The van der Waals surface area contributed by atoms with Crippen LogP contribution in [0.3, 0.4) is 0 Å². The Morgan fingerprint density at radius 1 is 1.50 bits per heavy atom. The van der Waals surface area contributed by atoms with Gasteiger partial charge in [-0.05, 0) is 36.7 Å². The van der Waals surface area contributed by atoms with Crippen molar-refractivity contribution < 1.29 is 9.18 Å². The number of nitrogens with zero attached hydrogens (tertiary/aromatic N) is 3. The third-order valence-electron chi connectivity index (χ3n) is 2.26. The molecule has 1 aromatic carbocycles. The minimum Gasteiger partial charge on any atom is -0.306 e. The van der Waals surface area contributed by atoms with Gasteiger partial charge in [-0.2, -0.15) is 0 Å². The van der Waals surface area contributed by atoms with Gasteiger partial charge < -0.3 is 4.90 Å². The van der Waals surface area contributed by atoms with Crippen LogP contribution in [-0.4, -0.2) is 22.6 Å². The number of anilines is 1. The van der Waals surface area contributed by atoms with Gasteiger partial charge in [0.1, 0.15) is 5.82 Å². The molecule has 0 bridgehead atoms. The fourth-order valence-corrected chi connectivity index (χ4v) is 2.27. The van der Waals surface area contributed by atoms with Gasteiger partial charge in [0.25, 0.3) is 5.91 Å².